The second-order valence-electron chi connectivity index (χ2n) is 6.20. The summed E-state index contributed by atoms with van der Waals surface area (Å²) in [6, 6.07) is 16.6. The Balaban J connectivity index is 1.60. The number of hydrogen-bond acceptors (Lipinski definition) is 3. The van der Waals surface area contributed by atoms with E-state index in [-0.39, 0.29) is 12.5 Å². The first-order valence-corrected chi connectivity index (χ1v) is 8.49. The Hall–Kier alpha value is -2.82. The lowest BCUT2D eigenvalue weighted by Crippen LogP contribution is -2.43. The second-order valence-corrected chi connectivity index (χ2v) is 6.20. The predicted molar refractivity (Wildman–Crippen MR) is 96.2 cm³/mol. The van der Waals surface area contributed by atoms with Crippen molar-refractivity contribution in [2.24, 2.45) is 0 Å². The number of anilines is 1. The van der Waals surface area contributed by atoms with Gasteiger partial charge in [-0.05, 0) is 37.0 Å². The van der Waals surface area contributed by atoms with Crippen LogP contribution in [0, 0.1) is 6.92 Å². The average Bonchev–Trinajstić information content (AvgIpc) is 3.12. The number of nitrogens with zero attached hydrogens (tertiary/aromatic N) is 1. The molecule has 5 heteroatoms. The minimum Gasteiger partial charge on any atom is -0.445 e. The monoisotopic (exact) mass is 338 g/mol. The Labute approximate surface area is 147 Å². The summed E-state index contributed by atoms with van der Waals surface area (Å²) >= 11 is 0. The minimum atomic E-state index is -0.483. The van der Waals surface area contributed by atoms with Crippen LogP contribution in [-0.4, -0.2) is 29.5 Å². The normalized spacial score (nSPS) is 16.5. The standard InChI is InChI=1S/C20H22N2O3/c1-15-8-5-6-11-17(15)21-19(23)18-12-7-13-22(18)20(24)25-14-16-9-3-2-4-10-16/h2-6,8-11,18H,7,12-14H2,1H3,(H,21,23). The Bertz CT molecular complexity index is 746. The van der Waals surface area contributed by atoms with E-state index in [0.717, 1.165) is 23.2 Å². The Morgan fingerprint density at radius 2 is 1.84 bits per heavy atom. The van der Waals surface area contributed by atoms with E-state index in [1.54, 1.807) is 0 Å². The smallest absolute Gasteiger partial charge is 0.410 e. The van der Waals surface area contributed by atoms with Crippen molar-refractivity contribution in [1.29, 1.82) is 0 Å². The molecule has 0 saturated carbocycles. The maximum absolute atomic E-state index is 12.6. The molecule has 2 aromatic carbocycles. The fourth-order valence-electron chi connectivity index (χ4n) is 2.99. The van der Waals surface area contributed by atoms with Gasteiger partial charge in [-0.3, -0.25) is 9.69 Å². The number of hydrogen-bond donors (Lipinski definition) is 1. The number of likely N-dealkylation sites (tertiary alicyclic amines) is 1. The van der Waals surface area contributed by atoms with E-state index in [2.05, 4.69) is 5.32 Å². The molecule has 1 aliphatic rings. The van der Waals surface area contributed by atoms with Crippen molar-refractivity contribution in [3.05, 3.63) is 65.7 Å². The quantitative estimate of drug-likeness (QED) is 0.924. The molecule has 5 nitrogen and oxygen atoms in total. The Morgan fingerprint density at radius 3 is 2.60 bits per heavy atom. The highest BCUT2D eigenvalue weighted by Gasteiger charge is 2.35. The summed E-state index contributed by atoms with van der Waals surface area (Å²) in [6.07, 6.45) is 1.01. The van der Waals surface area contributed by atoms with Crippen molar-refractivity contribution in [3.8, 4) is 0 Å². The zero-order valence-electron chi connectivity index (χ0n) is 14.3. The lowest BCUT2D eigenvalue weighted by molar-refractivity contribution is -0.120. The highest BCUT2D eigenvalue weighted by atomic mass is 16.6. The fourth-order valence-corrected chi connectivity index (χ4v) is 2.99. The summed E-state index contributed by atoms with van der Waals surface area (Å²) in [5, 5.41) is 2.92. The first-order valence-electron chi connectivity index (χ1n) is 8.49. The molecule has 2 amide bonds. The third-order valence-electron chi connectivity index (χ3n) is 4.40. The summed E-state index contributed by atoms with van der Waals surface area (Å²) in [5.74, 6) is -0.163. The van der Waals surface area contributed by atoms with Gasteiger partial charge in [0, 0.05) is 12.2 Å². The number of ether oxygens (including phenoxy) is 1. The van der Waals surface area contributed by atoms with Gasteiger partial charge in [-0.2, -0.15) is 0 Å². The lowest BCUT2D eigenvalue weighted by atomic mass is 10.1. The molecule has 130 valence electrons. The van der Waals surface area contributed by atoms with Crippen molar-refractivity contribution < 1.29 is 14.3 Å². The van der Waals surface area contributed by atoms with Gasteiger partial charge in [-0.25, -0.2) is 4.79 Å². The van der Waals surface area contributed by atoms with Crippen LogP contribution in [0.15, 0.2) is 54.6 Å². The number of aryl methyl sites for hydroxylation is 1. The third-order valence-corrected chi connectivity index (χ3v) is 4.40. The summed E-state index contributed by atoms with van der Waals surface area (Å²) < 4.78 is 5.37. The van der Waals surface area contributed by atoms with Gasteiger partial charge in [0.05, 0.1) is 0 Å². The van der Waals surface area contributed by atoms with Crippen molar-refractivity contribution in [1.82, 2.24) is 4.90 Å². The molecule has 1 fully saturated rings. The van der Waals surface area contributed by atoms with Gasteiger partial charge in [-0.15, -0.1) is 0 Å². The molecule has 25 heavy (non-hydrogen) atoms. The van der Waals surface area contributed by atoms with Gasteiger partial charge in [0.25, 0.3) is 0 Å². The summed E-state index contributed by atoms with van der Waals surface area (Å²) in [7, 11) is 0. The van der Waals surface area contributed by atoms with Crippen LogP contribution in [-0.2, 0) is 16.1 Å². The molecule has 0 bridgehead atoms. The van der Waals surface area contributed by atoms with Crippen LogP contribution in [0.25, 0.3) is 0 Å². The van der Waals surface area contributed by atoms with Crippen molar-refractivity contribution >= 4 is 17.7 Å². The molecule has 0 spiro atoms. The van der Waals surface area contributed by atoms with Crippen LogP contribution in [0.5, 0.6) is 0 Å². The molecule has 1 aliphatic heterocycles. The van der Waals surface area contributed by atoms with Crippen LogP contribution in [0.2, 0.25) is 0 Å². The molecule has 1 unspecified atom stereocenters. The summed E-state index contributed by atoms with van der Waals surface area (Å²) in [4.78, 5) is 26.5. The number of nitrogens with one attached hydrogen (secondary N) is 1. The largest absolute Gasteiger partial charge is 0.445 e. The van der Waals surface area contributed by atoms with Crippen molar-refractivity contribution in [3.63, 3.8) is 0 Å². The number of amides is 2. The number of benzene rings is 2. The van der Waals surface area contributed by atoms with Gasteiger partial charge in [0.15, 0.2) is 0 Å². The fraction of sp³-hybridized carbons (Fsp3) is 0.300. The third kappa shape index (κ3) is 4.18. The number of carbonyl (C=O) groups excluding carboxylic acids is 2. The maximum Gasteiger partial charge on any atom is 0.410 e. The van der Waals surface area contributed by atoms with Gasteiger partial charge < -0.3 is 10.1 Å². The highest BCUT2D eigenvalue weighted by molar-refractivity contribution is 5.97. The van der Waals surface area contributed by atoms with Gasteiger partial charge in [0.2, 0.25) is 5.91 Å². The molecule has 0 aromatic heterocycles. The summed E-state index contributed by atoms with van der Waals surface area (Å²) in [5.41, 5.74) is 2.69. The number of rotatable bonds is 4. The molecular formula is C20H22N2O3. The van der Waals surface area contributed by atoms with Crippen LogP contribution in [0.1, 0.15) is 24.0 Å². The van der Waals surface area contributed by atoms with Gasteiger partial charge in [0.1, 0.15) is 12.6 Å². The van der Waals surface area contributed by atoms with Crippen LogP contribution < -0.4 is 5.32 Å². The topological polar surface area (TPSA) is 58.6 Å². The Kier molecular flexibility index (Phi) is 5.33. The van der Waals surface area contributed by atoms with E-state index >= 15 is 0 Å². The van der Waals surface area contributed by atoms with Gasteiger partial charge >= 0.3 is 6.09 Å². The van der Waals surface area contributed by atoms with Crippen molar-refractivity contribution in [2.45, 2.75) is 32.4 Å². The van der Waals surface area contributed by atoms with Crippen LogP contribution >= 0.6 is 0 Å². The molecule has 0 aliphatic carbocycles. The molecule has 1 atom stereocenters. The highest BCUT2D eigenvalue weighted by Crippen LogP contribution is 2.22. The average molecular weight is 338 g/mol. The zero-order valence-corrected chi connectivity index (χ0v) is 14.3. The molecule has 0 radical (unpaired) electrons. The van der Waals surface area contributed by atoms with Gasteiger partial charge in [-0.1, -0.05) is 48.5 Å². The molecule has 3 rings (SSSR count). The molecule has 1 heterocycles. The zero-order chi connectivity index (χ0) is 17.6. The van der Waals surface area contributed by atoms with E-state index in [1.165, 1.54) is 4.90 Å². The van der Waals surface area contributed by atoms with E-state index in [0.29, 0.717) is 13.0 Å². The van der Waals surface area contributed by atoms with E-state index in [1.807, 2.05) is 61.5 Å². The first kappa shape index (κ1) is 17.0. The second kappa shape index (κ2) is 7.83. The Morgan fingerprint density at radius 1 is 1.12 bits per heavy atom. The minimum absolute atomic E-state index is 0.163. The van der Waals surface area contributed by atoms with Crippen LogP contribution in [0.4, 0.5) is 10.5 Å². The lowest BCUT2D eigenvalue weighted by Gasteiger charge is -2.23. The predicted octanol–water partition coefficient (Wildman–Crippen LogP) is 3.73. The maximum atomic E-state index is 12.6. The first-order chi connectivity index (χ1) is 12.1. The summed E-state index contributed by atoms with van der Waals surface area (Å²) in [6.45, 7) is 2.69. The SMILES string of the molecule is Cc1ccccc1NC(=O)C1CCCN1C(=O)OCc1ccccc1. The van der Waals surface area contributed by atoms with Crippen LogP contribution in [0.3, 0.4) is 0 Å². The van der Waals surface area contributed by atoms with E-state index in [9.17, 15) is 9.59 Å². The molecular weight excluding hydrogens is 316 g/mol. The number of carbonyl (C=O) groups is 2. The molecule has 2 aromatic rings. The number of para-hydroxylation sites is 1. The van der Waals surface area contributed by atoms with E-state index < -0.39 is 12.1 Å². The van der Waals surface area contributed by atoms with E-state index in [4.69, 9.17) is 4.74 Å². The molecule has 1 saturated heterocycles. The molecule has 1 N–H and O–H groups in total. The van der Waals surface area contributed by atoms with Crippen molar-refractivity contribution in [2.75, 3.05) is 11.9 Å².